The van der Waals surface area contributed by atoms with Crippen LogP contribution in [0.25, 0.3) is 0 Å². The molecule has 1 N–H and O–H groups in total. The SMILES string of the molecule is CNS(=O)(=O)C[C@@H]1CC[C@@]2(S(=O)(=O)c3ccc(Cl)cc3)c3c(F)c(Cl)cc(F)c3OC[C@H]2C1. The van der Waals surface area contributed by atoms with Crippen molar-refractivity contribution in [2.45, 2.75) is 28.9 Å². The van der Waals surface area contributed by atoms with Gasteiger partial charge in [-0.3, -0.25) is 0 Å². The first-order valence-electron chi connectivity index (χ1n) is 10.1. The van der Waals surface area contributed by atoms with Gasteiger partial charge in [-0.05, 0) is 62.6 Å². The van der Waals surface area contributed by atoms with E-state index in [9.17, 15) is 21.2 Å². The fourth-order valence-electron chi connectivity index (χ4n) is 5.00. The number of sulfonamides is 1. The van der Waals surface area contributed by atoms with Crippen molar-refractivity contribution in [2.24, 2.45) is 11.8 Å². The van der Waals surface area contributed by atoms with Crippen LogP contribution in [0.1, 0.15) is 24.8 Å². The fraction of sp³-hybridized carbons (Fsp3) is 0.429. The van der Waals surface area contributed by atoms with Gasteiger partial charge in [0.05, 0.1) is 27.8 Å². The number of fused-ring (bicyclic) bond motifs is 3. The Morgan fingerprint density at radius 1 is 1.15 bits per heavy atom. The molecule has 33 heavy (non-hydrogen) atoms. The zero-order valence-electron chi connectivity index (χ0n) is 17.4. The van der Waals surface area contributed by atoms with Crippen molar-refractivity contribution in [3.63, 3.8) is 0 Å². The van der Waals surface area contributed by atoms with Crippen molar-refractivity contribution < 1.29 is 30.4 Å². The third-order valence-corrected chi connectivity index (χ3v) is 11.2. The van der Waals surface area contributed by atoms with E-state index in [1.165, 1.54) is 31.3 Å². The van der Waals surface area contributed by atoms with Crippen molar-refractivity contribution in [1.29, 1.82) is 0 Å². The topological polar surface area (TPSA) is 89.5 Å². The van der Waals surface area contributed by atoms with E-state index in [0.717, 1.165) is 6.07 Å². The molecule has 4 rings (SSSR count). The van der Waals surface area contributed by atoms with Crippen molar-refractivity contribution in [3.8, 4) is 5.75 Å². The minimum atomic E-state index is -4.31. The summed E-state index contributed by atoms with van der Waals surface area (Å²) >= 11 is 11.8. The van der Waals surface area contributed by atoms with Crippen LogP contribution in [0.15, 0.2) is 35.2 Å². The molecule has 180 valence electrons. The van der Waals surface area contributed by atoms with Crippen LogP contribution < -0.4 is 9.46 Å². The molecule has 2 aliphatic rings. The van der Waals surface area contributed by atoms with Crippen LogP contribution in [-0.4, -0.2) is 36.2 Å². The highest BCUT2D eigenvalue weighted by molar-refractivity contribution is 7.92. The lowest BCUT2D eigenvalue weighted by molar-refractivity contribution is 0.103. The highest BCUT2D eigenvalue weighted by Gasteiger charge is 2.60. The van der Waals surface area contributed by atoms with E-state index in [4.69, 9.17) is 27.9 Å². The van der Waals surface area contributed by atoms with Gasteiger partial charge < -0.3 is 4.74 Å². The van der Waals surface area contributed by atoms with Gasteiger partial charge in [-0.2, -0.15) is 0 Å². The van der Waals surface area contributed by atoms with Crippen LogP contribution in [0.4, 0.5) is 8.78 Å². The van der Waals surface area contributed by atoms with Crippen molar-refractivity contribution in [2.75, 3.05) is 19.4 Å². The monoisotopic (exact) mass is 539 g/mol. The second kappa shape index (κ2) is 8.64. The molecule has 1 fully saturated rings. The summed E-state index contributed by atoms with van der Waals surface area (Å²) in [6, 6.07) is 6.19. The average molecular weight is 540 g/mol. The van der Waals surface area contributed by atoms with Crippen LogP contribution in [0.3, 0.4) is 0 Å². The maximum Gasteiger partial charge on any atom is 0.211 e. The molecule has 1 aliphatic heterocycles. The minimum absolute atomic E-state index is 0.106. The van der Waals surface area contributed by atoms with Crippen LogP contribution in [-0.2, 0) is 24.6 Å². The molecule has 3 atom stereocenters. The van der Waals surface area contributed by atoms with Crippen molar-refractivity contribution in [3.05, 3.63) is 57.6 Å². The van der Waals surface area contributed by atoms with Gasteiger partial charge in [-0.15, -0.1) is 0 Å². The van der Waals surface area contributed by atoms with Gasteiger partial charge in [0.25, 0.3) is 0 Å². The number of hydrogen-bond acceptors (Lipinski definition) is 5. The van der Waals surface area contributed by atoms with E-state index < -0.39 is 64.4 Å². The normalized spacial score (nSPS) is 25.1. The van der Waals surface area contributed by atoms with E-state index in [2.05, 4.69) is 4.72 Å². The Hall–Kier alpha value is -1.46. The predicted octanol–water partition coefficient (Wildman–Crippen LogP) is 4.30. The molecule has 0 radical (unpaired) electrons. The molecule has 0 amide bonds. The van der Waals surface area contributed by atoms with Crippen LogP contribution in [0, 0.1) is 23.5 Å². The van der Waals surface area contributed by atoms with E-state index >= 15 is 4.39 Å². The number of halogens is 4. The molecule has 0 spiro atoms. The molecule has 0 unspecified atom stereocenters. The number of rotatable bonds is 5. The van der Waals surface area contributed by atoms with Gasteiger partial charge in [-0.1, -0.05) is 23.2 Å². The lowest BCUT2D eigenvalue weighted by Crippen LogP contribution is -2.53. The first kappa shape index (κ1) is 24.7. The summed E-state index contributed by atoms with van der Waals surface area (Å²) in [6.45, 7) is -0.214. The van der Waals surface area contributed by atoms with Crippen molar-refractivity contribution >= 4 is 43.1 Å². The highest BCUT2D eigenvalue weighted by Crippen LogP contribution is 2.58. The molecule has 1 heterocycles. The van der Waals surface area contributed by atoms with E-state index in [1.54, 1.807) is 0 Å². The Balaban J connectivity index is 1.92. The molecule has 1 aliphatic carbocycles. The quantitative estimate of drug-likeness (QED) is 0.572. The molecule has 12 heteroatoms. The number of ether oxygens (including phenoxy) is 1. The highest BCUT2D eigenvalue weighted by atomic mass is 35.5. The first-order valence-corrected chi connectivity index (χ1v) is 14.0. The molecule has 1 saturated carbocycles. The number of nitrogens with one attached hydrogen (secondary N) is 1. The zero-order chi connectivity index (χ0) is 24.2. The maximum atomic E-state index is 15.4. The van der Waals surface area contributed by atoms with Gasteiger partial charge in [0.1, 0.15) is 4.75 Å². The van der Waals surface area contributed by atoms with E-state index in [-0.39, 0.29) is 36.5 Å². The summed E-state index contributed by atoms with van der Waals surface area (Å²) in [4.78, 5) is -0.106. The van der Waals surface area contributed by atoms with E-state index in [1.807, 2.05) is 0 Å². The summed E-state index contributed by atoms with van der Waals surface area (Å²) in [6.07, 6.45) is 0.164. The molecule has 6 nitrogen and oxygen atoms in total. The largest absolute Gasteiger partial charge is 0.490 e. The Bertz CT molecular complexity index is 1300. The van der Waals surface area contributed by atoms with Gasteiger partial charge >= 0.3 is 0 Å². The number of benzene rings is 2. The zero-order valence-corrected chi connectivity index (χ0v) is 20.6. The van der Waals surface area contributed by atoms with Crippen LogP contribution >= 0.6 is 23.2 Å². The van der Waals surface area contributed by atoms with Gasteiger partial charge in [0.15, 0.2) is 27.2 Å². The summed E-state index contributed by atoms with van der Waals surface area (Å²) < 4.78 is 88.4. The summed E-state index contributed by atoms with van der Waals surface area (Å²) in [7, 11) is -6.57. The number of sulfone groups is 1. The van der Waals surface area contributed by atoms with Crippen LogP contribution in [0.2, 0.25) is 10.0 Å². The molecular weight excluding hydrogens is 519 g/mol. The second-order valence-electron chi connectivity index (χ2n) is 8.34. The lowest BCUT2D eigenvalue weighted by atomic mass is 9.69. The molecule has 0 bridgehead atoms. The summed E-state index contributed by atoms with van der Waals surface area (Å²) in [5.41, 5.74) is -0.436. The third kappa shape index (κ3) is 4.03. The third-order valence-electron chi connectivity index (χ3n) is 6.55. The van der Waals surface area contributed by atoms with Gasteiger partial charge in [0, 0.05) is 10.9 Å². The Labute approximate surface area is 201 Å². The minimum Gasteiger partial charge on any atom is -0.490 e. The molecule has 0 saturated heterocycles. The predicted molar refractivity (Wildman–Crippen MR) is 121 cm³/mol. The first-order chi connectivity index (χ1) is 15.4. The average Bonchev–Trinajstić information content (AvgIpc) is 2.76. The molecule has 0 aromatic heterocycles. The molecule has 2 aromatic rings. The fourth-order valence-corrected chi connectivity index (χ4v) is 8.77. The standard InChI is InChI=1S/C21H21Cl2F2NO5S2/c1-26-32(27,28)11-12-6-7-21(33(29,30)15-4-2-14(22)3-5-15)13(8-12)10-31-20-17(24)9-16(23)19(25)18(20)21/h2-5,9,12-13,26H,6-8,10-11H2,1H3/t12-,13-,21+/m1/s1. The summed E-state index contributed by atoms with van der Waals surface area (Å²) in [5.74, 6) is -3.93. The lowest BCUT2D eigenvalue weighted by Gasteiger charge is -2.49. The van der Waals surface area contributed by atoms with E-state index in [0.29, 0.717) is 5.02 Å². The van der Waals surface area contributed by atoms with Crippen LogP contribution in [0.5, 0.6) is 5.75 Å². The Morgan fingerprint density at radius 3 is 2.45 bits per heavy atom. The smallest absolute Gasteiger partial charge is 0.211 e. The van der Waals surface area contributed by atoms with Gasteiger partial charge in [-0.25, -0.2) is 30.3 Å². The maximum absolute atomic E-state index is 15.4. The van der Waals surface area contributed by atoms with Crippen molar-refractivity contribution in [1.82, 2.24) is 4.72 Å². The van der Waals surface area contributed by atoms with Gasteiger partial charge in [0.2, 0.25) is 10.0 Å². The number of hydrogen-bond donors (Lipinski definition) is 1. The Kier molecular flexibility index (Phi) is 6.46. The molecular formula is C21H21Cl2F2NO5S2. The Morgan fingerprint density at radius 2 is 1.82 bits per heavy atom. The summed E-state index contributed by atoms with van der Waals surface area (Å²) in [5, 5.41) is -0.238. The molecule has 2 aromatic carbocycles. The second-order valence-corrected chi connectivity index (χ2v) is 13.4.